The van der Waals surface area contributed by atoms with Gasteiger partial charge in [-0.25, -0.2) is 0 Å². The highest BCUT2D eigenvalue weighted by atomic mass is 16.1. The first-order valence-corrected chi connectivity index (χ1v) is 6.39. The van der Waals surface area contributed by atoms with Gasteiger partial charge in [0.1, 0.15) is 0 Å². The number of hydrogen-bond acceptors (Lipinski definition) is 1. The standard InChI is InChI=1S/C15H21NO/c1-4-8-15(2,3)14-7-5-6-12-9-16(11-17)10-13(12)14/h5-7,11H,4,8-10H2,1-3H3. The molecule has 1 heterocycles. The molecule has 0 saturated carbocycles. The van der Waals surface area contributed by atoms with Crippen molar-refractivity contribution in [1.29, 1.82) is 0 Å². The number of fused-ring (bicyclic) bond motifs is 1. The lowest BCUT2D eigenvalue weighted by Crippen LogP contribution is -2.20. The molecule has 2 heteroatoms. The summed E-state index contributed by atoms with van der Waals surface area (Å²) < 4.78 is 0. The minimum absolute atomic E-state index is 0.207. The molecule has 0 atom stereocenters. The molecule has 0 radical (unpaired) electrons. The van der Waals surface area contributed by atoms with Gasteiger partial charge >= 0.3 is 0 Å². The van der Waals surface area contributed by atoms with Crippen LogP contribution in [-0.2, 0) is 23.3 Å². The van der Waals surface area contributed by atoms with Gasteiger partial charge in [-0.2, -0.15) is 0 Å². The molecule has 1 amide bonds. The highest BCUT2D eigenvalue weighted by molar-refractivity contribution is 5.53. The lowest BCUT2D eigenvalue weighted by Gasteiger charge is -2.27. The Kier molecular flexibility index (Phi) is 3.23. The molecule has 0 unspecified atom stereocenters. The Morgan fingerprint density at radius 2 is 2.12 bits per heavy atom. The molecular formula is C15H21NO. The van der Waals surface area contributed by atoms with Gasteiger partial charge in [-0.3, -0.25) is 4.79 Å². The summed E-state index contributed by atoms with van der Waals surface area (Å²) in [7, 11) is 0. The van der Waals surface area contributed by atoms with Gasteiger partial charge in [-0.1, -0.05) is 45.4 Å². The number of nitrogens with zero attached hydrogens (tertiary/aromatic N) is 1. The summed E-state index contributed by atoms with van der Waals surface area (Å²) in [6.07, 6.45) is 3.33. The average Bonchev–Trinajstić information content (AvgIpc) is 2.71. The molecule has 1 aromatic rings. The normalized spacial score (nSPS) is 14.9. The zero-order valence-electron chi connectivity index (χ0n) is 11.0. The molecule has 0 saturated heterocycles. The highest BCUT2D eigenvalue weighted by Crippen LogP contribution is 2.35. The van der Waals surface area contributed by atoms with Gasteiger partial charge in [0.05, 0.1) is 0 Å². The third-order valence-corrected chi connectivity index (χ3v) is 3.76. The van der Waals surface area contributed by atoms with Crippen LogP contribution in [0.2, 0.25) is 0 Å². The molecule has 0 aromatic heterocycles. The van der Waals surface area contributed by atoms with Gasteiger partial charge in [0.2, 0.25) is 6.41 Å². The molecule has 92 valence electrons. The summed E-state index contributed by atoms with van der Waals surface area (Å²) >= 11 is 0. The van der Waals surface area contributed by atoms with Crippen molar-refractivity contribution in [1.82, 2.24) is 4.90 Å². The van der Waals surface area contributed by atoms with Gasteiger partial charge in [-0.05, 0) is 28.5 Å². The number of benzene rings is 1. The number of rotatable bonds is 4. The maximum atomic E-state index is 10.9. The topological polar surface area (TPSA) is 20.3 Å². The van der Waals surface area contributed by atoms with Crippen molar-refractivity contribution in [3.8, 4) is 0 Å². The second-order valence-corrected chi connectivity index (χ2v) is 5.59. The fraction of sp³-hybridized carbons (Fsp3) is 0.533. The minimum atomic E-state index is 0.207. The van der Waals surface area contributed by atoms with Crippen LogP contribution < -0.4 is 0 Å². The second-order valence-electron chi connectivity index (χ2n) is 5.59. The zero-order chi connectivity index (χ0) is 12.5. The van der Waals surface area contributed by atoms with Gasteiger partial charge in [-0.15, -0.1) is 0 Å². The molecule has 2 rings (SSSR count). The number of hydrogen-bond donors (Lipinski definition) is 0. The van der Waals surface area contributed by atoms with E-state index < -0.39 is 0 Å². The number of carbonyl (C=O) groups is 1. The maximum Gasteiger partial charge on any atom is 0.210 e. The first kappa shape index (κ1) is 12.2. The lowest BCUT2D eigenvalue weighted by molar-refractivity contribution is -0.118. The molecule has 0 N–H and O–H groups in total. The third kappa shape index (κ3) is 2.21. The monoisotopic (exact) mass is 231 g/mol. The van der Waals surface area contributed by atoms with E-state index in [1.165, 1.54) is 29.5 Å². The molecule has 1 aliphatic rings. The Morgan fingerprint density at radius 1 is 1.35 bits per heavy atom. The quantitative estimate of drug-likeness (QED) is 0.728. The van der Waals surface area contributed by atoms with Gasteiger partial charge < -0.3 is 4.90 Å². The van der Waals surface area contributed by atoms with E-state index in [2.05, 4.69) is 39.0 Å². The summed E-state index contributed by atoms with van der Waals surface area (Å²) in [6, 6.07) is 6.49. The van der Waals surface area contributed by atoms with Crippen molar-refractivity contribution in [2.24, 2.45) is 0 Å². The average molecular weight is 231 g/mol. The number of amides is 1. The summed E-state index contributed by atoms with van der Waals surface area (Å²) in [5.41, 5.74) is 4.32. The van der Waals surface area contributed by atoms with E-state index in [-0.39, 0.29) is 5.41 Å². The van der Waals surface area contributed by atoms with Crippen molar-refractivity contribution < 1.29 is 4.79 Å². The predicted octanol–water partition coefficient (Wildman–Crippen LogP) is 3.24. The van der Waals surface area contributed by atoms with E-state index in [0.29, 0.717) is 0 Å². The molecule has 0 bridgehead atoms. The zero-order valence-corrected chi connectivity index (χ0v) is 11.0. The van der Waals surface area contributed by atoms with Crippen molar-refractivity contribution in [2.75, 3.05) is 0 Å². The summed E-state index contributed by atoms with van der Waals surface area (Å²) in [5, 5.41) is 0. The molecule has 1 aliphatic heterocycles. The van der Waals surface area contributed by atoms with Crippen LogP contribution in [0.25, 0.3) is 0 Å². The van der Waals surface area contributed by atoms with Gasteiger partial charge in [0.25, 0.3) is 0 Å². The molecule has 17 heavy (non-hydrogen) atoms. The van der Waals surface area contributed by atoms with E-state index in [4.69, 9.17) is 0 Å². The lowest BCUT2D eigenvalue weighted by atomic mass is 9.78. The van der Waals surface area contributed by atoms with E-state index in [1.54, 1.807) is 0 Å². The number of carbonyl (C=O) groups excluding carboxylic acids is 1. The van der Waals surface area contributed by atoms with Crippen molar-refractivity contribution >= 4 is 6.41 Å². The minimum Gasteiger partial charge on any atom is -0.337 e. The fourth-order valence-electron chi connectivity index (χ4n) is 2.92. The smallest absolute Gasteiger partial charge is 0.210 e. The first-order chi connectivity index (χ1) is 8.08. The van der Waals surface area contributed by atoms with Crippen LogP contribution in [0.4, 0.5) is 0 Å². The Morgan fingerprint density at radius 3 is 2.76 bits per heavy atom. The van der Waals surface area contributed by atoms with E-state index >= 15 is 0 Å². The van der Waals surface area contributed by atoms with Crippen LogP contribution in [0.3, 0.4) is 0 Å². The fourth-order valence-corrected chi connectivity index (χ4v) is 2.92. The summed E-state index contributed by atoms with van der Waals surface area (Å²) in [5.74, 6) is 0. The largest absolute Gasteiger partial charge is 0.337 e. The first-order valence-electron chi connectivity index (χ1n) is 6.39. The molecule has 0 fully saturated rings. The molecule has 0 spiro atoms. The van der Waals surface area contributed by atoms with E-state index in [1.807, 2.05) is 4.90 Å². The van der Waals surface area contributed by atoms with Crippen molar-refractivity contribution in [3.63, 3.8) is 0 Å². The summed E-state index contributed by atoms with van der Waals surface area (Å²) in [4.78, 5) is 12.7. The SMILES string of the molecule is CCCC(C)(C)c1cccc2c1CN(C=O)C2. The van der Waals surface area contributed by atoms with Crippen LogP contribution in [0.1, 0.15) is 50.3 Å². The molecular weight excluding hydrogens is 210 g/mol. The van der Waals surface area contributed by atoms with Crippen LogP contribution >= 0.6 is 0 Å². The molecule has 2 nitrogen and oxygen atoms in total. The maximum absolute atomic E-state index is 10.9. The molecule has 0 aliphatic carbocycles. The van der Waals surface area contributed by atoms with Gasteiger partial charge in [0.15, 0.2) is 0 Å². The van der Waals surface area contributed by atoms with Crippen LogP contribution in [0.5, 0.6) is 0 Å². The summed E-state index contributed by atoms with van der Waals surface area (Å²) in [6.45, 7) is 8.38. The van der Waals surface area contributed by atoms with Crippen molar-refractivity contribution in [3.05, 3.63) is 34.9 Å². The van der Waals surface area contributed by atoms with E-state index in [0.717, 1.165) is 19.5 Å². The van der Waals surface area contributed by atoms with E-state index in [9.17, 15) is 4.79 Å². The van der Waals surface area contributed by atoms with Crippen LogP contribution in [0, 0.1) is 0 Å². The van der Waals surface area contributed by atoms with Crippen LogP contribution in [0.15, 0.2) is 18.2 Å². The Bertz CT molecular complexity index is 423. The predicted molar refractivity (Wildman–Crippen MR) is 69.7 cm³/mol. The second kappa shape index (κ2) is 4.52. The van der Waals surface area contributed by atoms with Crippen LogP contribution in [-0.4, -0.2) is 11.3 Å². The van der Waals surface area contributed by atoms with Crippen molar-refractivity contribution in [2.45, 2.75) is 52.1 Å². The third-order valence-electron chi connectivity index (χ3n) is 3.76. The Labute approximate surface area is 104 Å². The highest BCUT2D eigenvalue weighted by Gasteiger charge is 2.27. The Hall–Kier alpha value is -1.31. The molecule has 1 aromatic carbocycles. The Balaban J connectivity index is 2.38. The van der Waals surface area contributed by atoms with Gasteiger partial charge in [0, 0.05) is 13.1 Å².